The predicted molar refractivity (Wildman–Crippen MR) is 217 cm³/mol. The molecular weight excluding hydrogens is 755 g/mol. The highest BCUT2D eigenvalue weighted by Crippen LogP contribution is 2.40. The van der Waals surface area contributed by atoms with Crippen molar-refractivity contribution in [3.63, 3.8) is 0 Å². The van der Waals surface area contributed by atoms with Crippen LogP contribution in [0.2, 0.25) is 0 Å². The van der Waals surface area contributed by atoms with Gasteiger partial charge >= 0.3 is 18.2 Å². The number of hydrogen-bond acceptors (Lipinski definition) is 11. The summed E-state index contributed by atoms with van der Waals surface area (Å²) in [5, 5.41) is 25.0. The molecule has 14 nitrogen and oxygen atoms in total. The number of imide groups is 2. The summed E-state index contributed by atoms with van der Waals surface area (Å²) < 4.78 is 29.3. The van der Waals surface area contributed by atoms with E-state index in [0.717, 1.165) is 77.0 Å². The maximum Gasteiger partial charge on any atom is 0.416 e. The van der Waals surface area contributed by atoms with Crippen LogP contribution in [0.15, 0.2) is 0 Å². The van der Waals surface area contributed by atoms with Gasteiger partial charge in [0.1, 0.15) is 13.2 Å². The van der Waals surface area contributed by atoms with Gasteiger partial charge in [-0.15, -0.1) is 0 Å². The molecule has 0 unspecified atom stereocenters. The summed E-state index contributed by atoms with van der Waals surface area (Å²) in [6.07, 6.45) is 16.0. The third-order valence-electron chi connectivity index (χ3n) is 12.0. The minimum Gasteiger partial charge on any atom is -0.481 e. The number of carboxylic acid groups (broad SMARTS) is 1. The number of amides is 4. The van der Waals surface area contributed by atoms with Gasteiger partial charge in [-0.05, 0) is 70.1 Å². The van der Waals surface area contributed by atoms with Crippen molar-refractivity contribution in [2.24, 2.45) is 35.5 Å². The van der Waals surface area contributed by atoms with E-state index in [4.69, 9.17) is 28.8 Å². The highest BCUT2D eigenvalue weighted by atomic mass is 19.3. The summed E-state index contributed by atoms with van der Waals surface area (Å²) in [6, 6.07) is -0.398. The Labute approximate surface area is 347 Å². The first kappa shape index (κ1) is 51.3. The molecule has 3 N–H and O–H groups in total. The van der Waals surface area contributed by atoms with E-state index in [1.165, 1.54) is 35.5 Å². The van der Waals surface area contributed by atoms with Crippen LogP contribution in [0.4, 0.5) is 14.1 Å². The van der Waals surface area contributed by atoms with Gasteiger partial charge in [-0.2, -0.15) is 0 Å². The zero-order valence-electron chi connectivity index (χ0n) is 36.3. The molecule has 3 saturated carbocycles. The number of methoxy groups -OCH3 is 2. The molecule has 0 bridgehead atoms. The van der Waals surface area contributed by atoms with Crippen molar-refractivity contribution >= 4 is 30.0 Å². The van der Waals surface area contributed by atoms with E-state index in [2.05, 4.69) is 20.8 Å². The third-order valence-corrected chi connectivity index (χ3v) is 12.0. The largest absolute Gasteiger partial charge is 0.481 e. The molecule has 4 amide bonds. The lowest BCUT2D eigenvalue weighted by atomic mass is 9.90. The normalized spacial score (nSPS) is 23.0. The number of ether oxygens (including phenoxy) is 4. The number of aliphatic hydroxyl groups is 1. The number of carbonyl (C=O) groups excluding carboxylic acids is 4. The summed E-state index contributed by atoms with van der Waals surface area (Å²) in [7, 11) is 3.29. The van der Waals surface area contributed by atoms with Crippen molar-refractivity contribution in [1.29, 1.82) is 0 Å². The molecule has 0 aromatic heterocycles. The Hall–Kier alpha value is -2.88. The fourth-order valence-electron chi connectivity index (χ4n) is 7.78. The minimum absolute atomic E-state index is 0. The first-order chi connectivity index (χ1) is 27.8. The van der Waals surface area contributed by atoms with Gasteiger partial charge in [0.15, 0.2) is 0 Å². The summed E-state index contributed by atoms with van der Waals surface area (Å²) in [5.41, 5.74) is 0. The molecule has 5 fully saturated rings. The number of carbonyl (C=O) groups is 5. The molecular formula is C43H77FN2O12. The van der Waals surface area contributed by atoms with Crippen molar-refractivity contribution in [2.75, 3.05) is 27.4 Å². The number of aliphatic hydroxyl groups excluding tert-OH is 1. The van der Waals surface area contributed by atoms with Crippen LogP contribution in [0.5, 0.6) is 0 Å². The summed E-state index contributed by atoms with van der Waals surface area (Å²) in [5.74, 6) is -0.231. The molecule has 8 atom stereocenters. The van der Waals surface area contributed by atoms with Crippen molar-refractivity contribution in [1.82, 2.24) is 9.80 Å². The van der Waals surface area contributed by atoms with E-state index in [9.17, 15) is 34.2 Å². The predicted octanol–water partition coefficient (Wildman–Crippen LogP) is 8.10. The molecule has 58 heavy (non-hydrogen) atoms. The van der Waals surface area contributed by atoms with Gasteiger partial charge in [-0.25, -0.2) is 24.7 Å². The van der Waals surface area contributed by atoms with Gasteiger partial charge in [0.2, 0.25) is 11.8 Å². The van der Waals surface area contributed by atoms with Crippen LogP contribution < -0.4 is 0 Å². The lowest BCUT2D eigenvalue weighted by molar-refractivity contribution is -0.147. The molecule has 2 aliphatic heterocycles. The first-order valence-electron chi connectivity index (χ1n) is 21.9. The molecule has 338 valence electrons. The van der Waals surface area contributed by atoms with Crippen LogP contribution in [-0.2, 0) is 33.3 Å². The van der Waals surface area contributed by atoms with E-state index in [-0.39, 0.29) is 56.0 Å². The molecule has 3 aliphatic carbocycles. The average molecular weight is 835 g/mol. The van der Waals surface area contributed by atoms with Crippen LogP contribution in [0, 0.1) is 35.5 Å². The van der Waals surface area contributed by atoms with Gasteiger partial charge in [0.05, 0.1) is 48.1 Å². The number of unbranched alkanes of at least 4 members (excludes halogenated alkanes) is 3. The van der Waals surface area contributed by atoms with E-state index in [1.54, 1.807) is 21.1 Å². The third kappa shape index (κ3) is 17.0. The number of carboxylic acids is 1. The second-order valence-electron chi connectivity index (χ2n) is 17.0. The van der Waals surface area contributed by atoms with Crippen molar-refractivity contribution in [3.05, 3.63) is 0 Å². The number of rotatable bonds is 23. The fraction of sp³-hybridized carbons (Fsp3) is 0.884. The standard InChI is InChI=1S/C16H27NO4.C15H25NO4.C12H22O3.FHO.H2/c1-4-5-6-14(20-3)13(9-12-7-8-12)15(18)17-11(2)10-21-16(17)19;1-3-4-5-13(17)12(8-11-6-7-11)14(18)16-10(2)9-20-15(16)19;1-3-4-5-11(15-2)10(12(13)14)8-9-6-7-9;1-2;/h11-14H,4-10H2,1-3H3;10-13,17H,3-9H2,1-2H3;9-11H,3-8H2,1-2H3,(H,13,14);2H;1H/t11-,13-,14+;10-,12-,13+;10-,11+;;/m111../s1/i;;;;1+2. The molecule has 15 heteroatoms. The van der Waals surface area contributed by atoms with Crippen LogP contribution in [0.25, 0.3) is 0 Å². The Morgan fingerprint density at radius 3 is 1.34 bits per heavy atom. The van der Waals surface area contributed by atoms with Crippen LogP contribution in [0.1, 0.15) is 152 Å². The first-order valence-corrected chi connectivity index (χ1v) is 21.9. The molecule has 0 spiro atoms. The van der Waals surface area contributed by atoms with Gasteiger partial charge < -0.3 is 29.2 Å². The van der Waals surface area contributed by atoms with E-state index >= 15 is 0 Å². The highest BCUT2D eigenvalue weighted by Gasteiger charge is 2.44. The van der Waals surface area contributed by atoms with E-state index in [0.29, 0.717) is 37.2 Å². The van der Waals surface area contributed by atoms with Crippen LogP contribution >= 0.6 is 0 Å². The number of halogens is 1. The second kappa shape index (κ2) is 27.1. The minimum atomic E-state index is -0.690. The van der Waals surface area contributed by atoms with Crippen molar-refractivity contribution < 1.29 is 64.4 Å². The maximum atomic E-state index is 12.8. The van der Waals surface area contributed by atoms with Gasteiger partial charge in [-0.1, -0.05) is 102 Å². The topological polar surface area (TPSA) is 189 Å². The van der Waals surface area contributed by atoms with Gasteiger partial charge in [0.25, 0.3) is 0 Å². The molecule has 2 heterocycles. The molecule has 5 rings (SSSR count). The Morgan fingerprint density at radius 2 is 1.02 bits per heavy atom. The Kier molecular flexibility index (Phi) is 23.9. The molecule has 2 saturated heterocycles. The van der Waals surface area contributed by atoms with Crippen LogP contribution in [-0.4, -0.2) is 113 Å². The number of hydrogen-bond donors (Lipinski definition) is 3. The Bertz CT molecular complexity index is 1250. The zero-order chi connectivity index (χ0) is 43.4. The van der Waals surface area contributed by atoms with Crippen molar-refractivity contribution in [3.8, 4) is 0 Å². The summed E-state index contributed by atoms with van der Waals surface area (Å²) in [6.45, 7) is 10.5. The van der Waals surface area contributed by atoms with E-state index < -0.39 is 30.2 Å². The molecule has 0 aromatic carbocycles. The summed E-state index contributed by atoms with van der Waals surface area (Å²) >= 11 is 0. The SMILES string of the molecule is CCCC[C@H](O)[C@@H](CC1CC1)C(=O)N1C(=O)OC[C@H]1C.CCCC[C@H](OC)[C@@H](CC1CC1)C(=O)N1C(=O)OC[C@H]1C.CCCC[C@H](OC)[C@@H](CC1CC1)C(=O)O.OF.[3HH]. The fourth-order valence-corrected chi connectivity index (χ4v) is 7.78. The smallest absolute Gasteiger partial charge is 0.416 e. The second-order valence-corrected chi connectivity index (χ2v) is 17.0. The Balaban J connectivity index is 0.000000435. The number of aliphatic carboxylic acids is 1. The zero-order valence-corrected chi connectivity index (χ0v) is 36.3. The molecule has 0 radical (unpaired) electrons. The molecule has 5 aliphatic rings. The number of nitrogens with zero attached hydrogens (tertiary/aromatic N) is 2. The quantitative estimate of drug-likeness (QED) is 0.0899. The van der Waals surface area contributed by atoms with Crippen LogP contribution in [0.3, 0.4) is 0 Å². The van der Waals surface area contributed by atoms with Crippen molar-refractivity contribution in [2.45, 2.75) is 181 Å². The summed E-state index contributed by atoms with van der Waals surface area (Å²) in [4.78, 5) is 62.5. The lowest BCUT2D eigenvalue weighted by Gasteiger charge is -2.29. The van der Waals surface area contributed by atoms with Gasteiger partial charge in [0, 0.05) is 15.6 Å². The monoisotopic (exact) mass is 835 g/mol. The maximum absolute atomic E-state index is 12.8. The number of cyclic esters (lactones) is 2. The average Bonchev–Trinajstić information content (AvgIpc) is 4.12. The van der Waals surface area contributed by atoms with Gasteiger partial charge in [-0.3, -0.25) is 14.4 Å². The highest BCUT2D eigenvalue weighted by molar-refractivity contribution is 5.95. The van der Waals surface area contributed by atoms with E-state index in [1.807, 2.05) is 6.92 Å². The Morgan fingerprint density at radius 1 is 0.672 bits per heavy atom. The molecule has 0 aromatic rings. The lowest BCUT2D eigenvalue weighted by Crippen LogP contribution is -2.45.